The van der Waals surface area contributed by atoms with Crippen molar-refractivity contribution in [2.45, 2.75) is 20.0 Å². The highest BCUT2D eigenvalue weighted by atomic mass is 35.5. The third-order valence-corrected chi connectivity index (χ3v) is 2.76. The van der Waals surface area contributed by atoms with E-state index < -0.39 is 0 Å². The van der Waals surface area contributed by atoms with Gasteiger partial charge in [0, 0.05) is 18.2 Å². The van der Waals surface area contributed by atoms with Gasteiger partial charge in [0.2, 0.25) is 0 Å². The summed E-state index contributed by atoms with van der Waals surface area (Å²) >= 11 is 6.04. The van der Waals surface area contributed by atoms with Gasteiger partial charge < -0.3 is 4.74 Å². The number of rotatable bonds is 4. The number of hydrogen-bond donors (Lipinski definition) is 0. The number of aromatic nitrogens is 2. The van der Waals surface area contributed by atoms with Crippen molar-refractivity contribution in [3.8, 4) is 11.3 Å². The molecule has 1 heterocycles. The first-order valence-corrected chi connectivity index (χ1v) is 6.30. The molecule has 2 rings (SSSR count). The highest BCUT2D eigenvalue weighted by Gasteiger charge is 2.11. The summed E-state index contributed by atoms with van der Waals surface area (Å²) in [6.07, 6.45) is -0.156. The molecule has 0 radical (unpaired) electrons. The van der Waals surface area contributed by atoms with Gasteiger partial charge in [-0.15, -0.1) is 0 Å². The normalized spacial score (nSPS) is 12.4. The molecular formula is C14H15ClN2O. The van der Waals surface area contributed by atoms with E-state index in [4.69, 9.17) is 16.3 Å². The van der Waals surface area contributed by atoms with E-state index in [2.05, 4.69) is 9.97 Å². The van der Waals surface area contributed by atoms with Gasteiger partial charge in [0.05, 0.1) is 5.69 Å². The molecule has 0 saturated heterocycles. The molecule has 0 saturated carbocycles. The molecular weight excluding hydrogens is 248 g/mol. The predicted octanol–water partition coefficient (Wildman–Crippen LogP) is 3.89. The summed E-state index contributed by atoms with van der Waals surface area (Å²) in [5, 5.41) is 0.436. The molecule has 0 N–H and O–H groups in total. The lowest BCUT2D eigenvalue weighted by atomic mass is 10.1. The van der Waals surface area contributed by atoms with Gasteiger partial charge in [-0.05, 0) is 13.8 Å². The molecule has 1 atom stereocenters. The van der Waals surface area contributed by atoms with Crippen LogP contribution < -0.4 is 0 Å². The molecule has 1 aromatic heterocycles. The SMILES string of the molecule is CCOC(C)c1nc(Cl)cc(-c2ccccc2)n1. The number of ether oxygens (including phenoxy) is 1. The fourth-order valence-electron chi connectivity index (χ4n) is 1.70. The van der Waals surface area contributed by atoms with E-state index in [0.29, 0.717) is 17.6 Å². The van der Waals surface area contributed by atoms with Gasteiger partial charge in [0.15, 0.2) is 5.82 Å². The lowest BCUT2D eigenvalue weighted by molar-refractivity contribution is 0.0701. The Labute approximate surface area is 112 Å². The Morgan fingerprint density at radius 2 is 1.94 bits per heavy atom. The zero-order chi connectivity index (χ0) is 13.0. The highest BCUT2D eigenvalue weighted by molar-refractivity contribution is 6.29. The van der Waals surface area contributed by atoms with Crippen molar-refractivity contribution in [2.24, 2.45) is 0 Å². The second-order valence-corrected chi connectivity index (χ2v) is 4.28. The van der Waals surface area contributed by atoms with Crippen LogP contribution >= 0.6 is 11.6 Å². The van der Waals surface area contributed by atoms with E-state index in [1.54, 1.807) is 6.07 Å². The van der Waals surface area contributed by atoms with Gasteiger partial charge in [-0.1, -0.05) is 41.9 Å². The second-order valence-electron chi connectivity index (χ2n) is 3.90. The molecule has 2 aromatic rings. The monoisotopic (exact) mass is 262 g/mol. The summed E-state index contributed by atoms with van der Waals surface area (Å²) in [6, 6.07) is 11.7. The Morgan fingerprint density at radius 3 is 2.61 bits per heavy atom. The van der Waals surface area contributed by atoms with E-state index in [9.17, 15) is 0 Å². The molecule has 0 amide bonds. The van der Waals surface area contributed by atoms with Crippen LogP contribution in [0.2, 0.25) is 5.15 Å². The van der Waals surface area contributed by atoms with Crippen LogP contribution in [0.3, 0.4) is 0 Å². The van der Waals surface area contributed by atoms with Gasteiger partial charge in [0.25, 0.3) is 0 Å². The maximum absolute atomic E-state index is 6.04. The molecule has 3 nitrogen and oxygen atoms in total. The highest BCUT2D eigenvalue weighted by Crippen LogP contribution is 2.22. The summed E-state index contributed by atoms with van der Waals surface area (Å²) in [4.78, 5) is 8.71. The van der Waals surface area contributed by atoms with E-state index in [1.165, 1.54) is 0 Å². The fraction of sp³-hybridized carbons (Fsp3) is 0.286. The average Bonchev–Trinajstić information content (AvgIpc) is 2.39. The van der Waals surface area contributed by atoms with Gasteiger partial charge >= 0.3 is 0 Å². The number of hydrogen-bond acceptors (Lipinski definition) is 3. The lowest BCUT2D eigenvalue weighted by Gasteiger charge is -2.11. The molecule has 0 spiro atoms. The molecule has 94 valence electrons. The van der Waals surface area contributed by atoms with Crippen LogP contribution in [0.4, 0.5) is 0 Å². The minimum atomic E-state index is -0.156. The van der Waals surface area contributed by atoms with Crippen LogP contribution in [0.25, 0.3) is 11.3 Å². The fourth-order valence-corrected chi connectivity index (χ4v) is 1.89. The Hall–Kier alpha value is -1.45. The topological polar surface area (TPSA) is 35.0 Å². The van der Waals surface area contributed by atoms with Crippen LogP contribution in [-0.4, -0.2) is 16.6 Å². The van der Waals surface area contributed by atoms with Crippen LogP contribution in [0.1, 0.15) is 25.8 Å². The molecule has 4 heteroatoms. The molecule has 0 aliphatic heterocycles. The average molecular weight is 263 g/mol. The summed E-state index contributed by atoms with van der Waals surface area (Å²) < 4.78 is 5.49. The third-order valence-electron chi connectivity index (χ3n) is 2.56. The van der Waals surface area contributed by atoms with Crippen molar-refractivity contribution in [1.29, 1.82) is 0 Å². The summed E-state index contributed by atoms with van der Waals surface area (Å²) in [5.74, 6) is 0.614. The number of nitrogens with zero attached hydrogens (tertiary/aromatic N) is 2. The van der Waals surface area contributed by atoms with E-state index in [1.807, 2.05) is 44.2 Å². The van der Waals surface area contributed by atoms with Gasteiger partial charge in [-0.25, -0.2) is 9.97 Å². The molecule has 1 aromatic carbocycles. The zero-order valence-corrected chi connectivity index (χ0v) is 11.2. The second kappa shape index (κ2) is 5.94. The van der Waals surface area contributed by atoms with Crippen molar-refractivity contribution < 1.29 is 4.74 Å². The Balaban J connectivity index is 2.38. The van der Waals surface area contributed by atoms with Crippen molar-refractivity contribution in [3.05, 3.63) is 47.4 Å². The van der Waals surface area contributed by atoms with Crippen LogP contribution in [0, 0.1) is 0 Å². The Bertz CT molecular complexity index is 516. The minimum absolute atomic E-state index is 0.156. The summed E-state index contributed by atoms with van der Waals surface area (Å²) in [6.45, 7) is 4.49. The number of halogens is 1. The standard InChI is InChI=1S/C14H15ClN2O/c1-3-18-10(2)14-16-12(9-13(15)17-14)11-7-5-4-6-8-11/h4-10H,3H2,1-2H3. The predicted molar refractivity (Wildman–Crippen MR) is 72.5 cm³/mol. The zero-order valence-electron chi connectivity index (χ0n) is 10.4. The van der Waals surface area contributed by atoms with E-state index in [0.717, 1.165) is 11.3 Å². The maximum atomic E-state index is 6.04. The Morgan fingerprint density at radius 1 is 1.22 bits per heavy atom. The molecule has 1 unspecified atom stereocenters. The van der Waals surface area contributed by atoms with Crippen molar-refractivity contribution in [2.75, 3.05) is 6.61 Å². The van der Waals surface area contributed by atoms with Crippen molar-refractivity contribution >= 4 is 11.6 Å². The quantitative estimate of drug-likeness (QED) is 0.784. The van der Waals surface area contributed by atoms with Crippen LogP contribution in [0.5, 0.6) is 0 Å². The van der Waals surface area contributed by atoms with Gasteiger partial charge in [-0.2, -0.15) is 0 Å². The van der Waals surface area contributed by atoms with Gasteiger partial charge in [0.1, 0.15) is 11.3 Å². The van der Waals surface area contributed by atoms with Gasteiger partial charge in [-0.3, -0.25) is 0 Å². The van der Waals surface area contributed by atoms with Crippen LogP contribution in [0.15, 0.2) is 36.4 Å². The first-order valence-electron chi connectivity index (χ1n) is 5.92. The van der Waals surface area contributed by atoms with E-state index >= 15 is 0 Å². The summed E-state index contributed by atoms with van der Waals surface area (Å²) in [5.41, 5.74) is 1.84. The summed E-state index contributed by atoms with van der Waals surface area (Å²) in [7, 11) is 0. The molecule has 18 heavy (non-hydrogen) atoms. The molecule has 0 bridgehead atoms. The Kier molecular flexibility index (Phi) is 4.28. The number of benzene rings is 1. The van der Waals surface area contributed by atoms with Crippen molar-refractivity contribution in [1.82, 2.24) is 9.97 Å². The smallest absolute Gasteiger partial charge is 0.159 e. The maximum Gasteiger partial charge on any atom is 0.159 e. The first-order chi connectivity index (χ1) is 8.70. The largest absolute Gasteiger partial charge is 0.371 e. The van der Waals surface area contributed by atoms with Crippen molar-refractivity contribution in [3.63, 3.8) is 0 Å². The molecule has 0 fully saturated rings. The minimum Gasteiger partial charge on any atom is -0.371 e. The lowest BCUT2D eigenvalue weighted by Crippen LogP contribution is -2.06. The molecule has 0 aliphatic rings. The first kappa shape index (κ1) is 13.0. The third kappa shape index (κ3) is 3.06. The molecule has 0 aliphatic carbocycles. The van der Waals surface area contributed by atoms with Crippen LogP contribution in [-0.2, 0) is 4.74 Å². The van der Waals surface area contributed by atoms with E-state index in [-0.39, 0.29) is 6.10 Å².